The van der Waals surface area contributed by atoms with Crippen LogP contribution in [0.2, 0.25) is 0 Å². The Morgan fingerprint density at radius 1 is 1.20 bits per heavy atom. The van der Waals surface area contributed by atoms with Crippen molar-refractivity contribution in [3.8, 4) is 0 Å². The Morgan fingerprint density at radius 2 is 1.80 bits per heavy atom. The highest BCUT2D eigenvalue weighted by molar-refractivity contribution is 5.11. The van der Waals surface area contributed by atoms with Gasteiger partial charge in [0.2, 0.25) is 0 Å². The van der Waals surface area contributed by atoms with Crippen molar-refractivity contribution >= 4 is 0 Å². The van der Waals surface area contributed by atoms with Crippen LogP contribution in [0.15, 0.2) is 24.3 Å². The summed E-state index contributed by atoms with van der Waals surface area (Å²) < 4.78 is 0. The predicted molar refractivity (Wildman–Crippen MR) is 25.0 cm³/mol. The summed E-state index contributed by atoms with van der Waals surface area (Å²) in [5, 5.41) is 0. The van der Waals surface area contributed by atoms with Crippen molar-refractivity contribution in [2.45, 2.75) is 6.42 Å². The molecular weight excluding hydrogens is 60.1 g/mol. The van der Waals surface area contributed by atoms with E-state index in [2.05, 4.69) is 24.3 Å². The molecule has 0 aromatic rings. The lowest BCUT2D eigenvalue weighted by Gasteiger charge is -1.57. The fourth-order valence-electron chi connectivity index (χ4n) is 0.393. The van der Waals surface area contributed by atoms with E-state index in [4.69, 9.17) is 0 Å². The third kappa shape index (κ3) is 0.380. The Morgan fingerprint density at radius 3 is 2.00 bits per heavy atom. The van der Waals surface area contributed by atoms with E-state index in [1.807, 2.05) is 0 Å². The molecule has 1 rings (SSSR count). The Bertz CT molecular complexity index is 62.0. The van der Waals surface area contributed by atoms with Gasteiger partial charge < -0.3 is 0 Å². The van der Waals surface area contributed by atoms with Crippen LogP contribution in [0.3, 0.4) is 0 Å². The van der Waals surface area contributed by atoms with E-state index in [0.717, 1.165) is 6.42 Å². The number of allylic oxidation sites excluding steroid dienone is 4. The van der Waals surface area contributed by atoms with Gasteiger partial charge in [0.15, 0.2) is 0 Å². The maximum absolute atomic E-state index is 2.12. The fraction of sp³-hybridized carbons (Fsp3) is 0.200. The Labute approximate surface area is 33.3 Å². The standard InChI is InChI=1S/C5H6.H2/c1-2-4-5-3-1;/h1-4H,5H2;1H. The summed E-state index contributed by atoms with van der Waals surface area (Å²) in [6.45, 7) is 0. The molecule has 0 aliphatic heterocycles. The predicted octanol–water partition coefficient (Wildman–Crippen LogP) is 1.75. The molecule has 0 aromatic carbocycles. The summed E-state index contributed by atoms with van der Waals surface area (Å²) in [6, 6.07) is 0. The Hall–Kier alpha value is -0.520. The minimum Gasteiger partial charge on any atom is -0.0808 e. The van der Waals surface area contributed by atoms with Crippen molar-refractivity contribution in [3.05, 3.63) is 24.3 Å². The van der Waals surface area contributed by atoms with Gasteiger partial charge in [0.05, 0.1) is 0 Å². The van der Waals surface area contributed by atoms with Gasteiger partial charge in [0.1, 0.15) is 0 Å². The molecule has 1 aliphatic carbocycles. The average Bonchev–Trinajstić information content (AvgIpc) is 1.76. The minimum atomic E-state index is 0. The molecule has 0 saturated carbocycles. The number of hydrogen-bond donors (Lipinski definition) is 0. The zero-order valence-electron chi connectivity index (χ0n) is 3.02. The van der Waals surface area contributed by atoms with Crippen LogP contribution in [0.5, 0.6) is 0 Å². The van der Waals surface area contributed by atoms with E-state index in [1.165, 1.54) is 0 Å². The Balaban J connectivity index is 0.000000250. The minimum absolute atomic E-state index is 0. The van der Waals surface area contributed by atoms with Gasteiger partial charge >= 0.3 is 0 Å². The molecule has 0 nitrogen and oxygen atoms in total. The molecule has 0 bridgehead atoms. The molecule has 0 heterocycles. The van der Waals surface area contributed by atoms with Gasteiger partial charge in [-0.05, 0) is 6.42 Å². The van der Waals surface area contributed by atoms with E-state index < -0.39 is 0 Å². The SMILES string of the molecule is C1=CCC=C1.[HH]. The lowest BCUT2D eigenvalue weighted by molar-refractivity contribution is 1.45. The van der Waals surface area contributed by atoms with Gasteiger partial charge in [-0.2, -0.15) is 0 Å². The molecule has 0 unspecified atom stereocenters. The van der Waals surface area contributed by atoms with Gasteiger partial charge in [-0.15, -0.1) is 0 Å². The first-order valence-corrected chi connectivity index (χ1v) is 1.82. The summed E-state index contributed by atoms with van der Waals surface area (Å²) in [4.78, 5) is 0. The number of hydrogen-bond acceptors (Lipinski definition) is 0. The van der Waals surface area contributed by atoms with Gasteiger partial charge in [0.25, 0.3) is 0 Å². The van der Waals surface area contributed by atoms with Gasteiger partial charge in [0, 0.05) is 1.43 Å². The summed E-state index contributed by atoms with van der Waals surface area (Å²) in [5.74, 6) is 0. The molecule has 0 radical (unpaired) electrons. The molecule has 0 heteroatoms. The molecule has 0 amide bonds. The van der Waals surface area contributed by atoms with Crippen molar-refractivity contribution in [2.75, 3.05) is 0 Å². The average molecular weight is 68.1 g/mol. The third-order valence-electron chi connectivity index (χ3n) is 0.655. The van der Waals surface area contributed by atoms with Crippen molar-refractivity contribution < 1.29 is 1.43 Å². The topological polar surface area (TPSA) is 0 Å². The molecule has 0 atom stereocenters. The second kappa shape index (κ2) is 1.07. The maximum atomic E-state index is 2.12. The first-order valence-electron chi connectivity index (χ1n) is 1.82. The van der Waals surface area contributed by atoms with Crippen LogP contribution in [-0.4, -0.2) is 0 Å². The first kappa shape index (κ1) is 2.70. The molecule has 0 aromatic heterocycles. The lowest BCUT2D eigenvalue weighted by atomic mass is 10.5. The van der Waals surface area contributed by atoms with Crippen molar-refractivity contribution in [1.82, 2.24) is 0 Å². The van der Waals surface area contributed by atoms with Crippen LogP contribution in [0.4, 0.5) is 0 Å². The van der Waals surface area contributed by atoms with Crippen molar-refractivity contribution in [1.29, 1.82) is 0 Å². The molecule has 0 fully saturated rings. The lowest BCUT2D eigenvalue weighted by Crippen LogP contribution is -1.37. The quantitative estimate of drug-likeness (QED) is 0.405. The highest BCUT2D eigenvalue weighted by atomic mass is 13.8. The van der Waals surface area contributed by atoms with Gasteiger partial charge in [-0.3, -0.25) is 0 Å². The molecule has 0 spiro atoms. The molecule has 5 heavy (non-hydrogen) atoms. The van der Waals surface area contributed by atoms with E-state index in [0.29, 0.717) is 0 Å². The maximum Gasteiger partial charge on any atom is 0 e. The normalized spacial score (nSPS) is 17.6. The van der Waals surface area contributed by atoms with E-state index in [9.17, 15) is 0 Å². The summed E-state index contributed by atoms with van der Waals surface area (Å²) >= 11 is 0. The van der Waals surface area contributed by atoms with Gasteiger partial charge in [-0.1, -0.05) is 24.3 Å². The van der Waals surface area contributed by atoms with Crippen molar-refractivity contribution in [3.63, 3.8) is 0 Å². The second-order valence-corrected chi connectivity index (χ2v) is 1.09. The van der Waals surface area contributed by atoms with Crippen LogP contribution in [0.25, 0.3) is 0 Å². The van der Waals surface area contributed by atoms with E-state index >= 15 is 0 Å². The summed E-state index contributed by atoms with van der Waals surface area (Å²) in [5.41, 5.74) is 0. The smallest absolute Gasteiger partial charge is 0 e. The van der Waals surface area contributed by atoms with Crippen LogP contribution >= 0.6 is 0 Å². The highest BCUT2D eigenvalue weighted by Gasteiger charge is 1.72. The molecule has 1 aliphatic rings. The largest absolute Gasteiger partial charge is 0.0808 e. The van der Waals surface area contributed by atoms with E-state index in [-0.39, 0.29) is 1.43 Å². The monoisotopic (exact) mass is 68.1 g/mol. The number of rotatable bonds is 0. The molecule has 0 saturated heterocycles. The molecule has 0 N–H and O–H groups in total. The summed E-state index contributed by atoms with van der Waals surface area (Å²) in [7, 11) is 0. The molecule has 28 valence electrons. The van der Waals surface area contributed by atoms with Crippen LogP contribution < -0.4 is 0 Å². The van der Waals surface area contributed by atoms with Crippen LogP contribution in [0, 0.1) is 0 Å². The molecular formula is C5H8. The second-order valence-electron chi connectivity index (χ2n) is 1.09. The summed E-state index contributed by atoms with van der Waals surface area (Å²) in [6.07, 6.45) is 9.50. The van der Waals surface area contributed by atoms with E-state index in [1.54, 1.807) is 0 Å². The fourth-order valence-corrected chi connectivity index (χ4v) is 0.393. The third-order valence-corrected chi connectivity index (χ3v) is 0.655. The highest BCUT2D eigenvalue weighted by Crippen LogP contribution is 1.93. The van der Waals surface area contributed by atoms with Crippen LogP contribution in [0.1, 0.15) is 7.85 Å². The first-order chi connectivity index (χ1) is 2.50. The van der Waals surface area contributed by atoms with Gasteiger partial charge in [-0.25, -0.2) is 0 Å². The van der Waals surface area contributed by atoms with Crippen LogP contribution in [-0.2, 0) is 0 Å². The van der Waals surface area contributed by atoms with Crippen molar-refractivity contribution in [2.24, 2.45) is 0 Å². The zero-order chi connectivity index (χ0) is 3.54. The zero-order valence-corrected chi connectivity index (χ0v) is 3.02. The Kier molecular flexibility index (Phi) is 0.577.